The molecule has 1 aromatic carbocycles. The van der Waals surface area contributed by atoms with Crippen molar-refractivity contribution in [3.05, 3.63) is 35.9 Å². The van der Waals surface area contributed by atoms with E-state index < -0.39 is 0 Å². The molecule has 0 fully saturated rings. The summed E-state index contributed by atoms with van der Waals surface area (Å²) in [7, 11) is 0. The van der Waals surface area contributed by atoms with Crippen LogP contribution in [0.15, 0.2) is 30.3 Å². The summed E-state index contributed by atoms with van der Waals surface area (Å²) < 4.78 is 0. The van der Waals surface area contributed by atoms with E-state index in [1.54, 1.807) is 0 Å². The molecule has 3 unspecified atom stereocenters. The normalized spacial score (nSPS) is 15.4. The number of nitrogens with one attached hydrogen (secondary N) is 1. The maximum Gasteiger partial charge on any atom is 0.227 e. The van der Waals surface area contributed by atoms with E-state index in [1.807, 2.05) is 30.3 Å². The monoisotopic (exact) mass is 295 g/mol. The average molecular weight is 296 g/mol. The highest BCUT2D eigenvalue weighted by Crippen LogP contribution is 2.27. The van der Waals surface area contributed by atoms with E-state index in [2.05, 4.69) is 26.1 Å². The zero-order chi connectivity index (χ0) is 15.0. The van der Waals surface area contributed by atoms with Gasteiger partial charge in [-0.3, -0.25) is 4.79 Å². The molecule has 3 atom stereocenters. The molecule has 1 N–H and O–H groups in total. The summed E-state index contributed by atoms with van der Waals surface area (Å²) in [4.78, 5) is 12.5. The first-order chi connectivity index (χ1) is 9.60. The first-order valence-electron chi connectivity index (χ1n) is 7.48. The Hall–Kier alpha value is -1.02. The maximum atomic E-state index is 12.5. The zero-order valence-electron chi connectivity index (χ0n) is 12.7. The minimum Gasteiger partial charge on any atom is -0.355 e. The third-order valence-corrected chi connectivity index (χ3v) is 4.10. The second kappa shape index (κ2) is 9.02. The molecule has 0 aromatic heterocycles. The van der Waals surface area contributed by atoms with Gasteiger partial charge >= 0.3 is 0 Å². The zero-order valence-corrected chi connectivity index (χ0v) is 13.5. The molecule has 1 aromatic rings. The van der Waals surface area contributed by atoms with Crippen molar-refractivity contribution in [2.75, 3.05) is 12.4 Å². The third-order valence-electron chi connectivity index (χ3n) is 3.88. The van der Waals surface area contributed by atoms with Crippen molar-refractivity contribution in [1.82, 2.24) is 5.32 Å². The molecular formula is C17H26ClNO. The van der Waals surface area contributed by atoms with Crippen molar-refractivity contribution < 1.29 is 4.79 Å². The van der Waals surface area contributed by atoms with E-state index in [1.165, 1.54) is 0 Å². The average Bonchev–Trinajstić information content (AvgIpc) is 2.46. The van der Waals surface area contributed by atoms with Gasteiger partial charge in [0, 0.05) is 12.4 Å². The van der Waals surface area contributed by atoms with Gasteiger partial charge in [-0.25, -0.2) is 0 Å². The molecule has 3 heteroatoms. The molecule has 2 nitrogen and oxygen atoms in total. The van der Waals surface area contributed by atoms with Gasteiger partial charge in [0.25, 0.3) is 0 Å². The molecule has 1 rings (SSSR count). The van der Waals surface area contributed by atoms with Crippen LogP contribution in [0.25, 0.3) is 0 Å². The van der Waals surface area contributed by atoms with Crippen LogP contribution in [-0.2, 0) is 4.79 Å². The molecule has 0 spiro atoms. The van der Waals surface area contributed by atoms with Crippen LogP contribution >= 0.6 is 11.6 Å². The number of alkyl halides is 1. The quantitative estimate of drug-likeness (QED) is 0.716. The number of benzene rings is 1. The van der Waals surface area contributed by atoms with Gasteiger partial charge in [0.15, 0.2) is 0 Å². The number of amides is 1. The van der Waals surface area contributed by atoms with E-state index in [-0.39, 0.29) is 11.8 Å². The molecular weight excluding hydrogens is 270 g/mol. The lowest BCUT2D eigenvalue weighted by Gasteiger charge is -2.23. The smallest absolute Gasteiger partial charge is 0.227 e. The van der Waals surface area contributed by atoms with E-state index in [4.69, 9.17) is 11.6 Å². The van der Waals surface area contributed by atoms with Crippen molar-refractivity contribution in [2.24, 2.45) is 11.8 Å². The predicted octanol–water partition coefficient (Wildman–Crippen LogP) is 4.20. The number of rotatable bonds is 8. The standard InChI is InChI=1S/C17H26ClNO/c1-4-14(3)16(15-8-6-5-7-9-15)17(20)19-12-13(2)10-11-18/h5-9,13-14,16H,4,10-12H2,1-3H3,(H,19,20). The molecule has 0 saturated heterocycles. The van der Waals surface area contributed by atoms with E-state index in [9.17, 15) is 4.79 Å². The number of carbonyl (C=O) groups is 1. The number of hydrogen-bond acceptors (Lipinski definition) is 1. The van der Waals surface area contributed by atoms with Gasteiger partial charge < -0.3 is 5.32 Å². The van der Waals surface area contributed by atoms with Crippen LogP contribution in [0.3, 0.4) is 0 Å². The second-order valence-corrected chi connectivity index (χ2v) is 5.98. The fourth-order valence-corrected chi connectivity index (χ4v) is 2.68. The Morgan fingerprint density at radius 1 is 1.25 bits per heavy atom. The summed E-state index contributed by atoms with van der Waals surface area (Å²) in [6.07, 6.45) is 1.92. The van der Waals surface area contributed by atoms with Gasteiger partial charge in [-0.05, 0) is 23.8 Å². The van der Waals surface area contributed by atoms with Crippen LogP contribution in [-0.4, -0.2) is 18.3 Å². The molecule has 0 aliphatic rings. The number of carbonyl (C=O) groups excluding carboxylic acids is 1. The summed E-state index contributed by atoms with van der Waals surface area (Å²) in [6.45, 7) is 7.08. The summed E-state index contributed by atoms with van der Waals surface area (Å²) >= 11 is 5.73. The van der Waals surface area contributed by atoms with Gasteiger partial charge in [-0.1, -0.05) is 57.5 Å². The molecule has 0 aliphatic carbocycles. The van der Waals surface area contributed by atoms with Crippen molar-refractivity contribution in [3.63, 3.8) is 0 Å². The summed E-state index contributed by atoms with van der Waals surface area (Å²) in [5, 5.41) is 3.08. The molecule has 20 heavy (non-hydrogen) atoms. The van der Waals surface area contributed by atoms with Gasteiger partial charge in [-0.15, -0.1) is 11.6 Å². The molecule has 0 heterocycles. The largest absolute Gasteiger partial charge is 0.355 e. The SMILES string of the molecule is CCC(C)C(C(=O)NCC(C)CCCl)c1ccccc1. The van der Waals surface area contributed by atoms with E-state index >= 15 is 0 Å². The van der Waals surface area contributed by atoms with Crippen molar-refractivity contribution in [2.45, 2.75) is 39.5 Å². The highest BCUT2D eigenvalue weighted by atomic mass is 35.5. The Balaban J connectivity index is 2.71. The lowest BCUT2D eigenvalue weighted by molar-refractivity contribution is -0.123. The fourth-order valence-electron chi connectivity index (χ4n) is 2.31. The van der Waals surface area contributed by atoms with Crippen molar-refractivity contribution in [3.8, 4) is 0 Å². The Morgan fingerprint density at radius 3 is 2.45 bits per heavy atom. The predicted molar refractivity (Wildman–Crippen MR) is 86.1 cm³/mol. The Kier molecular flexibility index (Phi) is 7.68. The first-order valence-corrected chi connectivity index (χ1v) is 8.02. The Labute approximate surface area is 127 Å². The molecule has 0 bridgehead atoms. The van der Waals surface area contributed by atoms with Crippen LogP contribution in [0.4, 0.5) is 0 Å². The van der Waals surface area contributed by atoms with E-state index in [0.29, 0.717) is 24.3 Å². The highest BCUT2D eigenvalue weighted by Gasteiger charge is 2.25. The Bertz CT molecular complexity index is 393. The second-order valence-electron chi connectivity index (χ2n) is 5.60. The molecule has 112 valence electrons. The van der Waals surface area contributed by atoms with Crippen LogP contribution in [0, 0.1) is 11.8 Å². The highest BCUT2D eigenvalue weighted by molar-refractivity contribution is 6.17. The molecule has 1 amide bonds. The summed E-state index contributed by atoms with van der Waals surface area (Å²) in [5.74, 6) is 1.46. The van der Waals surface area contributed by atoms with Gasteiger partial charge in [-0.2, -0.15) is 0 Å². The minimum absolute atomic E-state index is 0.0654. The number of halogens is 1. The van der Waals surface area contributed by atoms with Gasteiger partial charge in [0.05, 0.1) is 5.92 Å². The third kappa shape index (κ3) is 5.16. The molecule has 0 saturated carbocycles. The lowest BCUT2D eigenvalue weighted by atomic mass is 9.85. The summed E-state index contributed by atoms with van der Waals surface area (Å²) in [6, 6.07) is 10.1. The van der Waals surface area contributed by atoms with Gasteiger partial charge in [0.2, 0.25) is 5.91 Å². The van der Waals surface area contributed by atoms with Gasteiger partial charge in [0.1, 0.15) is 0 Å². The first kappa shape index (κ1) is 17.0. The Morgan fingerprint density at radius 2 is 1.90 bits per heavy atom. The van der Waals surface area contributed by atoms with Crippen LogP contribution in [0.1, 0.15) is 45.1 Å². The minimum atomic E-state index is -0.0654. The van der Waals surface area contributed by atoms with Crippen LogP contribution in [0.5, 0.6) is 0 Å². The van der Waals surface area contributed by atoms with Crippen LogP contribution < -0.4 is 5.32 Å². The molecule has 0 radical (unpaired) electrons. The van der Waals surface area contributed by atoms with E-state index in [0.717, 1.165) is 18.4 Å². The topological polar surface area (TPSA) is 29.1 Å². The van der Waals surface area contributed by atoms with Crippen LogP contribution in [0.2, 0.25) is 0 Å². The molecule has 0 aliphatic heterocycles. The summed E-state index contributed by atoms with van der Waals surface area (Å²) in [5.41, 5.74) is 1.10. The van der Waals surface area contributed by atoms with Crippen molar-refractivity contribution in [1.29, 1.82) is 0 Å². The maximum absolute atomic E-state index is 12.5. The number of hydrogen-bond donors (Lipinski definition) is 1. The lowest BCUT2D eigenvalue weighted by Crippen LogP contribution is -2.35. The van der Waals surface area contributed by atoms with Crippen molar-refractivity contribution >= 4 is 17.5 Å². The fraction of sp³-hybridized carbons (Fsp3) is 0.588.